The average molecular weight is 486 g/mol. The van der Waals surface area contributed by atoms with Crippen molar-refractivity contribution in [3.05, 3.63) is 86.2 Å². The smallest absolute Gasteiger partial charge is 0.343 e. The van der Waals surface area contributed by atoms with Gasteiger partial charge in [0.25, 0.3) is 5.56 Å². The quantitative estimate of drug-likeness (QED) is 0.291. The summed E-state index contributed by atoms with van der Waals surface area (Å²) in [5.74, 6) is -0.748. The van der Waals surface area contributed by atoms with Gasteiger partial charge in [-0.3, -0.25) is 4.79 Å². The van der Waals surface area contributed by atoms with Crippen LogP contribution in [0.1, 0.15) is 35.6 Å². The molecule has 0 saturated carbocycles. The first-order chi connectivity index (χ1) is 16.9. The van der Waals surface area contributed by atoms with Crippen LogP contribution in [0.15, 0.2) is 53.3 Å². The van der Waals surface area contributed by atoms with Crippen molar-refractivity contribution in [2.75, 3.05) is 0 Å². The highest BCUT2D eigenvalue weighted by atomic mass is 35.5. The summed E-state index contributed by atoms with van der Waals surface area (Å²) in [5, 5.41) is 20.3. The van der Waals surface area contributed by atoms with Crippen LogP contribution in [0.3, 0.4) is 0 Å². The number of fused-ring (bicyclic) bond motifs is 5. The second-order valence-corrected chi connectivity index (χ2v) is 9.28. The molecule has 6 rings (SSSR count). The molecular formula is C27H20ClN3O4. The van der Waals surface area contributed by atoms with Crippen molar-refractivity contribution < 1.29 is 14.6 Å². The number of halogens is 1. The van der Waals surface area contributed by atoms with Crippen LogP contribution < -0.4 is 5.56 Å². The zero-order valence-corrected chi connectivity index (χ0v) is 19.5. The molecule has 7 nitrogen and oxygen atoms in total. The maximum absolute atomic E-state index is 13.6. The Bertz CT molecular complexity index is 1640. The molecule has 0 unspecified atom stereocenters. The number of hydrogen-bond acceptors (Lipinski definition) is 6. The fourth-order valence-corrected chi connectivity index (χ4v) is 5.26. The number of pyridine rings is 2. The minimum Gasteiger partial charge on any atom is -0.458 e. The molecule has 1 atom stereocenters. The number of esters is 1. The molecule has 0 bridgehead atoms. The van der Waals surface area contributed by atoms with Crippen LogP contribution in [0.5, 0.6) is 0 Å². The van der Waals surface area contributed by atoms with Gasteiger partial charge in [-0.2, -0.15) is 0 Å². The van der Waals surface area contributed by atoms with Crippen LogP contribution in [0.4, 0.5) is 0 Å². The lowest BCUT2D eigenvalue weighted by molar-refractivity contribution is -0.172. The molecule has 8 heteroatoms. The number of aromatic nitrogens is 2. The van der Waals surface area contributed by atoms with Crippen LogP contribution in [-0.2, 0) is 28.3 Å². The first-order valence-electron chi connectivity index (χ1n) is 11.3. The van der Waals surface area contributed by atoms with Crippen molar-refractivity contribution in [2.45, 2.75) is 32.1 Å². The summed E-state index contributed by atoms with van der Waals surface area (Å²) in [6.07, 6.45) is 1.37. The molecule has 0 fully saturated rings. The summed E-state index contributed by atoms with van der Waals surface area (Å²) in [6, 6.07) is 14.8. The Balaban J connectivity index is 1.69. The topological polar surface area (TPSA) is 105 Å². The zero-order chi connectivity index (χ0) is 24.5. The van der Waals surface area contributed by atoms with Crippen LogP contribution in [0.2, 0.25) is 5.02 Å². The second kappa shape index (κ2) is 7.60. The maximum Gasteiger partial charge on any atom is 0.343 e. The number of rotatable bonds is 3. The standard InChI is InChI=1S/C27H20ClN3O4/c1-2-27(34)20-10-22-24-18(12-31(22)25(32)19(20)13-35-26(27)33)23(15-4-6-16(28)7-5-15)17-9-14(11-29)3-8-21(17)30-24/h3-11,29,34H,2,12-13H2,1H3/t27-/m0/s1. The monoisotopic (exact) mass is 485 g/mol. The van der Waals surface area contributed by atoms with Gasteiger partial charge in [-0.05, 0) is 53.4 Å². The molecule has 174 valence electrons. The lowest BCUT2D eigenvalue weighted by atomic mass is 9.86. The third-order valence-electron chi connectivity index (χ3n) is 7.01. The molecule has 2 aromatic heterocycles. The number of carbonyl (C=O) groups excluding carboxylic acids is 1. The molecule has 0 aliphatic carbocycles. The largest absolute Gasteiger partial charge is 0.458 e. The third kappa shape index (κ3) is 3.02. The molecule has 2 aliphatic heterocycles. The van der Waals surface area contributed by atoms with E-state index in [-0.39, 0.29) is 36.3 Å². The third-order valence-corrected chi connectivity index (χ3v) is 7.26. The Morgan fingerprint density at radius 2 is 1.94 bits per heavy atom. The van der Waals surface area contributed by atoms with Gasteiger partial charge in [0.1, 0.15) is 6.61 Å². The highest BCUT2D eigenvalue weighted by Crippen LogP contribution is 2.43. The van der Waals surface area contributed by atoms with Gasteiger partial charge in [0.15, 0.2) is 5.60 Å². The van der Waals surface area contributed by atoms with Crippen LogP contribution in [0.25, 0.3) is 33.4 Å². The SMILES string of the molecule is CC[C@@]1(O)C(=O)OCc2c1cc1n(c2=O)Cc2c-1nc1ccc(C=N)cc1c2-c1ccc(Cl)cc1. The van der Waals surface area contributed by atoms with E-state index in [2.05, 4.69) is 0 Å². The average Bonchev–Trinajstić information content (AvgIpc) is 3.24. The van der Waals surface area contributed by atoms with Gasteiger partial charge in [-0.1, -0.05) is 36.7 Å². The molecule has 0 radical (unpaired) electrons. The predicted octanol–water partition coefficient (Wildman–Crippen LogP) is 4.40. The Kier molecular flexibility index (Phi) is 4.71. The van der Waals surface area contributed by atoms with E-state index in [0.717, 1.165) is 27.6 Å². The fraction of sp³-hybridized carbons (Fsp3) is 0.185. The van der Waals surface area contributed by atoms with Gasteiger partial charge in [0.2, 0.25) is 0 Å². The molecule has 4 heterocycles. The lowest BCUT2D eigenvalue weighted by Crippen LogP contribution is -2.44. The molecule has 0 saturated heterocycles. The summed E-state index contributed by atoms with van der Waals surface area (Å²) in [7, 11) is 0. The van der Waals surface area contributed by atoms with E-state index in [0.29, 0.717) is 21.9 Å². The summed E-state index contributed by atoms with van der Waals surface area (Å²) in [4.78, 5) is 30.9. The Labute approximate surface area is 205 Å². The molecule has 0 spiro atoms. The van der Waals surface area contributed by atoms with Crippen LogP contribution >= 0.6 is 11.6 Å². The van der Waals surface area contributed by atoms with Gasteiger partial charge < -0.3 is 19.8 Å². The number of hydrogen-bond donors (Lipinski definition) is 2. The number of carbonyl (C=O) groups is 1. The second-order valence-electron chi connectivity index (χ2n) is 8.84. The number of benzene rings is 2. The predicted molar refractivity (Wildman–Crippen MR) is 133 cm³/mol. The first kappa shape index (κ1) is 21.7. The number of nitrogens with zero attached hydrogens (tertiary/aromatic N) is 2. The lowest BCUT2D eigenvalue weighted by Gasteiger charge is -2.31. The number of aliphatic hydroxyl groups is 1. The van der Waals surface area contributed by atoms with E-state index in [4.69, 9.17) is 26.7 Å². The highest BCUT2D eigenvalue weighted by Gasteiger charge is 2.45. The van der Waals surface area contributed by atoms with Gasteiger partial charge in [0, 0.05) is 27.8 Å². The van der Waals surface area contributed by atoms with Crippen molar-refractivity contribution in [1.82, 2.24) is 9.55 Å². The molecule has 35 heavy (non-hydrogen) atoms. The van der Waals surface area contributed by atoms with E-state index in [1.807, 2.05) is 42.5 Å². The normalized spacial score (nSPS) is 18.1. The van der Waals surface area contributed by atoms with Crippen molar-refractivity contribution in [3.8, 4) is 22.5 Å². The van der Waals surface area contributed by atoms with Gasteiger partial charge >= 0.3 is 5.97 Å². The van der Waals surface area contributed by atoms with E-state index in [1.54, 1.807) is 17.6 Å². The fourth-order valence-electron chi connectivity index (χ4n) is 5.13. The van der Waals surface area contributed by atoms with Crippen molar-refractivity contribution in [2.24, 2.45) is 0 Å². The Morgan fingerprint density at radius 3 is 2.66 bits per heavy atom. The Morgan fingerprint density at radius 1 is 1.17 bits per heavy atom. The number of ether oxygens (including phenoxy) is 1. The van der Waals surface area contributed by atoms with Crippen molar-refractivity contribution in [1.29, 1.82) is 5.41 Å². The first-order valence-corrected chi connectivity index (χ1v) is 11.6. The molecular weight excluding hydrogens is 466 g/mol. The number of nitrogens with one attached hydrogen (secondary N) is 1. The van der Waals surface area contributed by atoms with Crippen molar-refractivity contribution in [3.63, 3.8) is 0 Å². The minimum absolute atomic E-state index is 0.0855. The highest BCUT2D eigenvalue weighted by molar-refractivity contribution is 6.30. The summed E-state index contributed by atoms with van der Waals surface area (Å²) >= 11 is 6.15. The summed E-state index contributed by atoms with van der Waals surface area (Å²) in [6.45, 7) is 1.79. The van der Waals surface area contributed by atoms with Gasteiger partial charge in [-0.25, -0.2) is 9.78 Å². The minimum atomic E-state index is -1.88. The Hall–Kier alpha value is -3.81. The molecule has 2 aliphatic rings. The summed E-state index contributed by atoms with van der Waals surface area (Å²) < 4.78 is 6.80. The molecule has 2 aromatic carbocycles. The number of cyclic esters (lactones) is 1. The summed E-state index contributed by atoms with van der Waals surface area (Å²) in [5.41, 5.74) is 3.70. The van der Waals surface area contributed by atoms with Crippen LogP contribution in [-0.4, -0.2) is 26.8 Å². The van der Waals surface area contributed by atoms with Gasteiger partial charge in [-0.15, -0.1) is 0 Å². The van der Waals surface area contributed by atoms with E-state index < -0.39 is 11.6 Å². The maximum atomic E-state index is 13.6. The molecule has 0 amide bonds. The molecule has 4 aromatic rings. The van der Waals surface area contributed by atoms with E-state index in [1.165, 1.54) is 6.21 Å². The van der Waals surface area contributed by atoms with E-state index in [9.17, 15) is 14.7 Å². The zero-order valence-electron chi connectivity index (χ0n) is 18.8. The van der Waals surface area contributed by atoms with E-state index >= 15 is 0 Å². The molecule has 2 N–H and O–H groups in total. The van der Waals surface area contributed by atoms with Crippen molar-refractivity contribution >= 4 is 34.7 Å². The van der Waals surface area contributed by atoms with Crippen LogP contribution in [0, 0.1) is 5.41 Å². The van der Waals surface area contributed by atoms with Gasteiger partial charge in [0.05, 0.1) is 29.0 Å².